The molecule has 0 radical (unpaired) electrons. The fourth-order valence-electron chi connectivity index (χ4n) is 3.66. The van der Waals surface area contributed by atoms with E-state index in [4.69, 9.17) is 0 Å². The standard InChI is InChI=1S/C16H29N3/c1-4-10-17-15(11-14-12-18-19(3)13-14)16(5-2)8-6-7-9-16/h12-13,15,17H,4-11H2,1-3H3. The summed E-state index contributed by atoms with van der Waals surface area (Å²) in [7, 11) is 2.00. The molecule has 1 N–H and O–H groups in total. The molecule has 108 valence electrons. The second-order valence-corrected chi connectivity index (χ2v) is 6.16. The summed E-state index contributed by atoms with van der Waals surface area (Å²) in [6.45, 7) is 5.75. The summed E-state index contributed by atoms with van der Waals surface area (Å²) in [6.07, 6.45) is 13.4. The van der Waals surface area contributed by atoms with Crippen LogP contribution in [0.2, 0.25) is 0 Å². The smallest absolute Gasteiger partial charge is 0.0522 e. The molecule has 1 aromatic heterocycles. The van der Waals surface area contributed by atoms with E-state index in [9.17, 15) is 0 Å². The second-order valence-electron chi connectivity index (χ2n) is 6.16. The van der Waals surface area contributed by atoms with Gasteiger partial charge in [0.1, 0.15) is 0 Å². The molecule has 0 saturated heterocycles. The minimum absolute atomic E-state index is 0.519. The molecule has 0 aromatic carbocycles. The topological polar surface area (TPSA) is 29.9 Å². The van der Waals surface area contributed by atoms with Gasteiger partial charge in [0.15, 0.2) is 0 Å². The lowest BCUT2D eigenvalue weighted by Crippen LogP contribution is -2.45. The van der Waals surface area contributed by atoms with Gasteiger partial charge in [-0.05, 0) is 49.6 Å². The van der Waals surface area contributed by atoms with E-state index in [0.29, 0.717) is 11.5 Å². The van der Waals surface area contributed by atoms with Crippen molar-refractivity contribution < 1.29 is 0 Å². The number of hydrogen-bond acceptors (Lipinski definition) is 2. The maximum Gasteiger partial charge on any atom is 0.0522 e. The van der Waals surface area contributed by atoms with Crippen molar-refractivity contribution in [1.82, 2.24) is 15.1 Å². The molecule has 1 fully saturated rings. The number of nitrogens with one attached hydrogen (secondary N) is 1. The lowest BCUT2D eigenvalue weighted by Gasteiger charge is -2.37. The maximum absolute atomic E-state index is 4.31. The molecule has 1 atom stereocenters. The van der Waals surface area contributed by atoms with Gasteiger partial charge in [-0.15, -0.1) is 0 Å². The van der Waals surface area contributed by atoms with Gasteiger partial charge in [-0.2, -0.15) is 5.10 Å². The fraction of sp³-hybridized carbons (Fsp3) is 0.812. The number of aryl methyl sites for hydroxylation is 1. The van der Waals surface area contributed by atoms with Crippen LogP contribution in [0.4, 0.5) is 0 Å². The molecule has 3 heteroatoms. The molecule has 1 heterocycles. The van der Waals surface area contributed by atoms with Crippen LogP contribution in [0.15, 0.2) is 12.4 Å². The fourth-order valence-corrected chi connectivity index (χ4v) is 3.66. The van der Waals surface area contributed by atoms with E-state index in [1.807, 2.05) is 17.9 Å². The predicted molar refractivity (Wildman–Crippen MR) is 80.2 cm³/mol. The molecule has 3 nitrogen and oxygen atoms in total. The van der Waals surface area contributed by atoms with Gasteiger partial charge in [-0.3, -0.25) is 4.68 Å². The molecule has 0 aliphatic heterocycles. The Balaban J connectivity index is 2.10. The summed E-state index contributed by atoms with van der Waals surface area (Å²) >= 11 is 0. The van der Waals surface area contributed by atoms with E-state index in [0.717, 1.165) is 13.0 Å². The van der Waals surface area contributed by atoms with Crippen LogP contribution in [0.1, 0.15) is 57.9 Å². The molecule has 19 heavy (non-hydrogen) atoms. The van der Waals surface area contributed by atoms with Crippen molar-refractivity contribution in [3.8, 4) is 0 Å². The van der Waals surface area contributed by atoms with Crippen molar-refractivity contribution in [1.29, 1.82) is 0 Å². The van der Waals surface area contributed by atoms with Gasteiger partial charge >= 0.3 is 0 Å². The van der Waals surface area contributed by atoms with Crippen LogP contribution < -0.4 is 5.32 Å². The van der Waals surface area contributed by atoms with Gasteiger partial charge in [0, 0.05) is 19.3 Å². The van der Waals surface area contributed by atoms with Crippen LogP contribution in [-0.2, 0) is 13.5 Å². The number of hydrogen-bond donors (Lipinski definition) is 1. The first-order valence-corrected chi connectivity index (χ1v) is 7.91. The van der Waals surface area contributed by atoms with E-state index in [1.165, 1.54) is 44.1 Å². The molecule has 1 aliphatic rings. The second kappa shape index (κ2) is 6.56. The summed E-state index contributed by atoms with van der Waals surface area (Å²) < 4.78 is 1.92. The van der Waals surface area contributed by atoms with Gasteiger partial charge < -0.3 is 5.32 Å². The molecule has 1 aliphatic carbocycles. The van der Waals surface area contributed by atoms with E-state index in [2.05, 4.69) is 30.5 Å². The van der Waals surface area contributed by atoms with Gasteiger partial charge in [0.2, 0.25) is 0 Å². The minimum Gasteiger partial charge on any atom is -0.313 e. The lowest BCUT2D eigenvalue weighted by atomic mass is 9.74. The third-order valence-corrected chi connectivity index (χ3v) is 4.88. The summed E-state index contributed by atoms with van der Waals surface area (Å²) in [5, 5.41) is 8.14. The first-order chi connectivity index (χ1) is 9.20. The van der Waals surface area contributed by atoms with Crippen LogP contribution in [0.5, 0.6) is 0 Å². The SMILES string of the molecule is CCCNC(Cc1cnn(C)c1)C1(CC)CCCC1. The monoisotopic (exact) mass is 263 g/mol. The molecule has 1 saturated carbocycles. The first kappa shape index (κ1) is 14.6. The highest BCUT2D eigenvalue weighted by Crippen LogP contribution is 2.44. The van der Waals surface area contributed by atoms with Crippen molar-refractivity contribution in [2.45, 2.75) is 64.8 Å². The van der Waals surface area contributed by atoms with Crippen LogP contribution in [0, 0.1) is 5.41 Å². The number of nitrogens with zero attached hydrogens (tertiary/aromatic N) is 2. The predicted octanol–water partition coefficient (Wildman–Crippen LogP) is 3.30. The Morgan fingerprint density at radius 2 is 2.11 bits per heavy atom. The largest absolute Gasteiger partial charge is 0.313 e. The first-order valence-electron chi connectivity index (χ1n) is 7.91. The zero-order valence-electron chi connectivity index (χ0n) is 12.8. The summed E-state index contributed by atoms with van der Waals surface area (Å²) in [6, 6.07) is 0.615. The normalized spacial score (nSPS) is 19.7. The van der Waals surface area contributed by atoms with Crippen LogP contribution in [0.3, 0.4) is 0 Å². The molecule has 1 aromatic rings. The summed E-state index contributed by atoms with van der Waals surface area (Å²) in [5.41, 5.74) is 1.89. The van der Waals surface area contributed by atoms with Crippen LogP contribution >= 0.6 is 0 Å². The summed E-state index contributed by atoms with van der Waals surface area (Å²) in [4.78, 5) is 0. The Morgan fingerprint density at radius 1 is 1.37 bits per heavy atom. The molecule has 1 unspecified atom stereocenters. The van der Waals surface area contributed by atoms with Crippen molar-refractivity contribution in [3.63, 3.8) is 0 Å². The van der Waals surface area contributed by atoms with Gasteiger partial charge in [0.25, 0.3) is 0 Å². The number of aromatic nitrogens is 2. The minimum atomic E-state index is 0.519. The molecule has 0 amide bonds. The highest BCUT2D eigenvalue weighted by atomic mass is 15.2. The lowest BCUT2D eigenvalue weighted by molar-refractivity contribution is 0.184. The van der Waals surface area contributed by atoms with Crippen LogP contribution in [0.25, 0.3) is 0 Å². The van der Waals surface area contributed by atoms with E-state index >= 15 is 0 Å². The van der Waals surface area contributed by atoms with E-state index in [1.54, 1.807) is 0 Å². The number of rotatable bonds is 7. The van der Waals surface area contributed by atoms with Crippen molar-refractivity contribution in [2.24, 2.45) is 12.5 Å². The zero-order valence-corrected chi connectivity index (χ0v) is 12.8. The average molecular weight is 263 g/mol. The van der Waals surface area contributed by atoms with Gasteiger partial charge in [-0.1, -0.05) is 26.7 Å². The Kier molecular flexibility index (Phi) is 5.03. The maximum atomic E-state index is 4.31. The molecular formula is C16H29N3. The highest BCUT2D eigenvalue weighted by molar-refractivity contribution is 5.09. The highest BCUT2D eigenvalue weighted by Gasteiger charge is 2.39. The van der Waals surface area contributed by atoms with Crippen molar-refractivity contribution in [3.05, 3.63) is 18.0 Å². The molecule has 2 rings (SSSR count). The Morgan fingerprint density at radius 3 is 2.63 bits per heavy atom. The Labute approximate surface area is 117 Å². The van der Waals surface area contributed by atoms with Crippen molar-refractivity contribution in [2.75, 3.05) is 6.54 Å². The van der Waals surface area contributed by atoms with E-state index < -0.39 is 0 Å². The summed E-state index contributed by atoms with van der Waals surface area (Å²) in [5.74, 6) is 0. The molecule has 0 bridgehead atoms. The third kappa shape index (κ3) is 3.38. The van der Waals surface area contributed by atoms with E-state index in [-0.39, 0.29) is 0 Å². The van der Waals surface area contributed by atoms with Crippen molar-refractivity contribution >= 4 is 0 Å². The third-order valence-electron chi connectivity index (χ3n) is 4.88. The Hall–Kier alpha value is -0.830. The Bertz CT molecular complexity index is 377. The van der Waals surface area contributed by atoms with Gasteiger partial charge in [0.05, 0.1) is 6.20 Å². The molecular weight excluding hydrogens is 234 g/mol. The molecule has 0 spiro atoms. The average Bonchev–Trinajstić information content (AvgIpc) is 3.04. The quantitative estimate of drug-likeness (QED) is 0.818. The van der Waals surface area contributed by atoms with Gasteiger partial charge in [-0.25, -0.2) is 0 Å². The van der Waals surface area contributed by atoms with Crippen LogP contribution in [-0.4, -0.2) is 22.4 Å². The zero-order chi connectivity index (χ0) is 13.7.